The summed E-state index contributed by atoms with van der Waals surface area (Å²) >= 11 is 0. The summed E-state index contributed by atoms with van der Waals surface area (Å²) in [7, 11) is 0. The molecule has 1 aliphatic carbocycles. The van der Waals surface area contributed by atoms with Crippen LogP contribution in [0.3, 0.4) is 0 Å². The van der Waals surface area contributed by atoms with Crippen LogP contribution in [0.1, 0.15) is 43.6 Å². The minimum Gasteiger partial charge on any atom is -0.466 e. The summed E-state index contributed by atoms with van der Waals surface area (Å²) < 4.78 is 5.36. The van der Waals surface area contributed by atoms with Gasteiger partial charge in [0.05, 0.1) is 13.0 Å². The first kappa shape index (κ1) is 12.5. The molecule has 1 aromatic rings. The summed E-state index contributed by atoms with van der Waals surface area (Å²) in [5, 5.41) is 3.34. The monoisotopic (exact) mass is 259 g/mol. The molecule has 0 bridgehead atoms. The summed E-state index contributed by atoms with van der Waals surface area (Å²) in [6.07, 6.45) is 5.53. The van der Waals surface area contributed by atoms with E-state index in [-0.39, 0.29) is 11.9 Å². The van der Waals surface area contributed by atoms with E-state index in [1.54, 1.807) is 0 Å². The Morgan fingerprint density at radius 2 is 2.16 bits per heavy atom. The standard InChI is InChI=1S/C16H21NO2/c18-16(19-9-8-12-4-3-5-12)10-13-11-17-15-7-2-1-6-14(13)15/h1-2,6-7,12-13,17H,3-5,8-11H2. The largest absolute Gasteiger partial charge is 0.466 e. The molecule has 19 heavy (non-hydrogen) atoms. The lowest BCUT2D eigenvalue weighted by Gasteiger charge is -2.24. The Balaban J connectivity index is 1.45. The molecule has 0 saturated heterocycles. The highest BCUT2D eigenvalue weighted by Gasteiger charge is 2.25. The molecule has 3 nitrogen and oxygen atoms in total. The number of ether oxygens (including phenoxy) is 1. The second-order valence-corrected chi connectivity index (χ2v) is 5.68. The second-order valence-electron chi connectivity index (χ2n) is 5.68. The molecule has 1 fully saturated rings. The first-order valence-electron chi connectivity index (χ1n) is 7.31. The van der Waals surface area contributed by atoms with Gasteiger partial charge in [-0.15, -0.1) is 0 Å². The molecule has 3 rings (SSSR count). The van der Waals surface area contributed by atoms with Crippen molar-refractivity contribution in [1.82, 2.24) is 0 Å². The van der Waals surface area contributed by atoms with Crippen LogP contribution in [-0.4, -0.2) is 19.1 Å². The molecule has 1 aliphatic heterocycles. The lowest BCUT2D eigenvalue weighted by atomic mass is 9.83. The molecule has 0 radical (unpaired) electrons. The third-order valence-corrected chi connectivity index (χ3v) is 4.37. The fourth-order valence-corrected chi connectivity index (χ4v) is 2.92. The molecule has 0 spiro atoms. The SMILES string of the molecule is O=C(CC1CNc2ccccc21)OCCC1CCC1. The number of para-hydroxylation sites is 1. The van der Waals surface area contributed by atoms with E-state index >= 15 is 0 Å². The van der Waals surface area contributed by atoms with Crippen molar-refractivity contribution in [3.05, 3.63) is 29.8 Å². The summed E-state index contributed by atoms with van der Waals surface area (Å²) in [5.41, 5.74) is 2.41. The van der Waals surface area contributed by atoms with Gasteiger partial charge in [-0.3, -0.25) is 4.79 Å². The smallest absolute Gasteiger partial charge is 0.306 e. The topological polar surface area (TPSA) is 38.3 Å². The maximum absolute atomic E-state index is 11.8. The molecule has 1 aromatic carbocycles. The molecule has 1 saturated carbocycles. The van der Waals surface area contributed by atoms with E-state index in [4.69, 9.17) is 4.74 Å². The van der Waals surface area contributed by atoms with E-state index in [9.17, 15) is 4.79 Å². The Hall–Kier alpha value is -1.51. The molecule has 1 unspecified atom stereocenters. The zero-order chi connectivity index (χ0) is 13.1. The van der Waals surface area contributed by atoms with Crippen LogP contribution >= 0.6 is 0 Å². The number of esters is 1. The molecule has 3 heteroatoms. The average Bonchev–Trinajstić information content (AvgIpc) is 2.76. The van der Waals surface area contributed by atoms with Crippen LogP contribution in [0.15, 0.2) is 24.3 Å². The van der Waals surface area contributed by atoms with E-state index in [1.807, 2.05) is 12.1 Å². The number of benzene rings is 1. The Morgan fingerprint density at radius 3 is 2.95 bits per heavy atom. The normalized spacial score (nSPS) is 21.4. The van der Waals surface area contributed by atoms with Crippen molar-refractivity contribution >= 4 is 11.7 Å². The zero-order valence-electron chi connectivity index (χ0n) is 11.2. The van der Waals surface area contributed by atoms with Crippen LogP contribution in [0.25, 0.3) is 0 Å². The summed E-state index contributed by atoms with van der Waals surface area (Å²) in [5.74, 6) is 1.02. The van der Waals surface area contributed by atoms with Crippen molar-refractivity contribution in [2.75, 3.05) is 18.5 Å². The number of hydrogen-bond donors (Lipinski definition) is 1. The van der Waals surface area contributed by atoms with Crippen molar-refractivity contribution < 1.29 is 9.53 Å². The van der Waals surface area contributed by atoms with Crippen molar-refractivity contribution in [2.45, 2.75) is 38.0 Å². The maximum atomic E-state index is 11.8. The molecule has 0 amide bonds. The van der Waals surface area contributed by atoms with Gasteiger partial charge >= 0.3 is 5.97 Å². The van der Waals surface area contributed by atoms with E-state index in [2.05, 4.69) is 17.4 Å². The van der Waals surface area contributed by atoms with Gasteiger partial charge in [-0.1, -0.05) is 37.5 Å². The Labute approximate surface area is 114 Å². The molecule has 1 heterocycles. The van der Waals surface area contributed by atoms with Crippen LogP contribution < -0.4 is 5.32 Å². The third kappa shape index (κ3) is 2.91. The molecular weight excluding hydrogens is 238 g/mol. The predicted molar refractivity (Wildman–Crippen MR) is 75.2 cm³/mol. The highest BCUT2D eigenvalue weighted by atomic mass is 16.5. The number of carbonyl (C=O) groups is 1. The lowest BCUT2D eigenvalue weighted by molar-refractivity contribution is -0.144. The summed E-state index contributed by atoms with van der Waals surface area (Å²) in [6.45, 7) is 1.45. The number of carbonyl (C=O) groups excluding carboxylic acids is 1. The Bertz CT molecular complexity index is 454. The molecule has 102 valence electrons. The van der Waals surface area contributed by atoms with Crippen LogP contribution in [0.5, 0.6) is 0 Å². The summed E-state index contributed by atoms with van der Waals surface area (Å²) in [6, 6.07) is 8.21. The van der Waals surface area contributed by atoms with Crippen molar-refractivity contribution in [3.63, 3.8) is 0 Å². The van der Waals surface area contributed by atoms with Gasteiger partial charge in [-0.05, 0) is 24.0 Å². The van der Waals surface area contributed by atoms with Crippen molar-refractivity contribution in [1.29, 1.82) is 0 Å². The number of anilines is 1. The molecule has 1 N–H and O–H groups in total. The Kier molecular flexibility index (Phi) is 3.72. The molecular formula is C16H21NO2. The first-order chi connectivity index (χ1) is 9.33. The van der Waals surface area contributed by atoms with Gasteiger partial charge in [0.2, 0.25) is 0 Å². The van der Waals surface area contributed by atoms with Gasteiger partial charge in [0.15, 0.2) is 0 Å². The van der Waals surface area contributed by atoms with Gasteiger partial charge in [-0.2, -0.15) is 0 Å². The first-order valence-corrected chi connectivity index (χ1v) is 7.31. The van der Waals surface area contributed by atoms with Crippen LogP contribution in [0.2, 0.25) is 0 Å². The van der Waals surface area contributed by atoms with E-state index in [1.165, 1.54) is 24.8 Å². The highest BCUT2D eigenvalue weighted by molar-refractivity contribution is 5.72. The van der Waals surface area contributed by atoms with Crippen molar-refractivity contribution in [2.24, 2.45) is 5.92 Å². The third-order valence-electron chi connectivity index (χ3n) is 4.37. The van der Waals surface area contributed by atoms with E-state index in [0.29, 0.717) is 13.0 Å². The summed E-state index contributed by atoms with van der Waals surface area (Å²) in [4.78, 5) is 11.8. The van der Waals surface area contributed by atoms with Gasteiger partial charge < -0.3 is 10.1 Å². The average molecular weight is 259 g/mol. The number of fused-ring (bicyclic) bond motifs is 1. The quantitative estimate of drug-likeness (QED) is 0.824. The minimum absolute atomic E-state index is 0.0529. The molecule has 2 aliphatic rings. The predicted octanol–water partition coefficient (Wildman–Crippen LogP) is 3.32. The fourth-order valence-electron chi connectivity index (χ4n) is 2.92. The Morgan fingerprint density at radius 1 is 1.32 bits per heavy atom. The number of nitrogens with one attached hydrogen (secondary N) is 1. The fraction of sp³-hybridized carbons (Fsp3) is 0.562. The zero-order valence-corrected chi connectivity index (χ0v) is 11.2. The second kappa shape index (κ2) is 5.64. The lowest BCUT2D eigenvalue weighted by Crippen LogP contribution is -2.17. The highest BCUT2D eigenvalue weighted by Crippen LogP contribution is 2.33. The van der Waals surface area contributed by atoms with Crippen LogP contribution in [-0.2, 0) is 9.53 Å². The van der Waals surface area contributed by atoms with Gasteiger partial charge in [0.25, 0.3) is 0 Å². The van der Waals surface area contributed by atoms with Gasteiger partial charge in [-0.25, -0.2) is 0 Å². The molecule has 1 atom stereocenters. The van der Waals surface area contributed by atoms with E-state index in [0.717, 1.165) is 24.6 Å². The number of rotatable bonds is 5. The molecule has 0 aromatic heterocycles. The van der Waals surface area contributed by atoms with Crippen LogP contribution in [0.4, 0.5) is 5.69 Å². The maximum Gasteiger partial charge on any atom is 0.306 e. The van der Waals surface area contributed by atoms with Gasteiger partial charge in [0, 0.05) is 18.2 Å². The van der Waals surface area contributed by atoms with E-state index < -0.39 is 0 Å². The van der Waals surface area contributed by atoms with Gasteiger partial charge in [0.1, 0.15) is 0 Å². The van der Waals surface area contributed by atoms with Crippen LogP contribution in [0, 0.1) is 5.92 Å². The minimum atomic E-state index is -0.0529. The van der Waals surface area contributed by atoms with Crippen molar-refractivity contribution in [3.8, 4) is 0 Å². The number of hydrogen-bond acceptors (Lipinski definition) is 3.